The maximum atomic E-state index is 12.9. The Morgan fingerprint density at radius 3 is 2.31 bits per heavy atom. The molecule has 1 aliphatic heterocycles. The van der Waals surface area contributed by atoms with Crippen LogP contribution in [0.5, 0.6) is 0 Å². The third-order valence-electron chi connectivity index (χ3n) is 6.90. The minimum absolute atomic E-state index is 0.0712. The summed E-state index contributed by atoms with van der Waals surface area (Å²) in [7, 11) is 0. The second-order valence-corrected chi connectivity index (χ2v) is 10.1. The van der Waals surface area contributed by atoms with Gasteiger partial charge in [0.1, 0.15) is 6.61 Å². The van der Waals surface area contributed by atoms with Gasteiger partial charge in [0, 0.05) is 52.8 Å². The fraction of sp³-hybridized carbons (Fsp3) is 0.296. The van der Waals surface area contributed by atoms with Gasteiger partial charge >= 0.3 is 6.09 Å². The van der Waals surface area contributed by atoms with E-state index in [-0.39, 0.29) is 12.0 Å². The number of amides is 1. The maximum absolute atomic E-state index is 12.9. The fourth-order valence-corrected chi connectivity index (χ4v) is 5.67. The Morgan fingerprint density at radius 1 is 1.06 bits per heavy atom. The summed E-state index contributed by atoms with van der Waals surface area (Å²) in [5.41, 5.74) is 16.5. The van der Waals surface area contributed by atoms with Crippen LogP contribution >= 0.6 is 22.6 Å². The summed E-state index contributed by atoms with van der Waals surface area (Å²) in [6.45, 7) is 5.85. The molecule has 7 nitrogen and oxygen atoms in total. The number of ether oxygens (including phenoxy) is 1. The first-order chi connectivity index (χ1) is 17.0. The van der Waals surface area contributed by atoms with Crippen LogP contribution in [-0.2, 0) is 11.3 Å². The van der Waals surface area contributed by atoms with Crippen molar-refractivity contribution in [3.8, 4) is 11.1 Å². The number of fused-ring (bicyclic) bond motifs is 3. The van der Waals surface area contributed by atoms with Gasteiger partial charge in [-0.2, -0.15) is 0 Å². The second kappa shape index (κ2) is 10.3. The molecule has 5 rings (SSSR count). The quantitative estimate of drug-likeness (QED) is 0.148. The lowest BCUT2D eigenvalue weighted by atomic mass is 9.98. The number of rotatable bonds is 5. The lowest BCUT2D eigenvalue weighted by molar-refractivity contribution is 0.0728. The minimum atomic E-state index is -0.248. The summed E-state index contributed by atoms with van der Waals surface area (Å²) in [5, 5.41) is 3.83. The summed E-state index contributed by atoms with van der Waals surface area (Å²) in [6.07, 6.45) is -0.248. The number of nitrogens with zero attached hydrogens (tertiary/aromatic N) is 5. The number of carbonyl (C=O) groups is 1. The van der Waals surface area contributed by atoms with Gasteiger partial charge in [-0.1, -0.05) is 53.6 Å². The highest BCUT2D eigenvalue weighted by Gasteiger charge is 2.30. The predicted octanol–water partition coefficient (Wildman–Crippen LogP) is 6.61. The molecule has 2 aliphatic rings. The van der Waals surface area contributed by atoms with Crippen LogP contribution < -0.4 is 0 Å². The van der Waals surface area contributed by atoms with E-state index in [2.05, 4.69) is 80.0 Å². The lowest BCUT2D eigenvalue weighted by Gasteiger charge is -2.34. The van der Waals surface area contributed by atoms with E-state index in [4.69, 9.17) is 10.3 Å². The molecule has 0 radical (unpaired) electrons. The fourth-order valence-electron chi connectivity index (χ4n) is 4.99. The first kappa shape index (κ1) is 23.7. The monoisotopic (exact) mass is 579 g/mol. The van der Waals surface area contributed by atoms with Crippen LogP contribution in [0.1, 0.15) is 28.2 Å². The average Bonchev–Trinajstić information content (AvgIpc) is 3.20. The van der Waals surface area contributed by atoms with E-state index in [1.165, 1.54) is 22.3 Å². The Hall–Kier alpha value is -3.07. The number of halogens is 1. The number of carbonyl (C=O) groups excluding carboxylic acids is 1. The topological polar surface area (TPSA) is 81.5 Å². The van der Waals surface area contributed by atoms with Gasteiger partial charge in [0.2, 0.25) is 0 Å². The van der Waals surface area contributed by atoms with Crippen molar-refractivity contribution < 1.29 is 9.53 Å². The molecular formula is C27H26IN5O2. The summed E-state index contributed by atoms with van der Waals surface area (Å²) < 4.78 is 6.91. The molecule has 1 fully saturated rings. The van der Waals surface area contributed by atoms with Crippen LogP contribution in [0.2, 0.25) is 0 Å². The molecule has 1 amide bonds. The number of hydrogen-bond donors (Lipinski definition) is 0. The smallest absolute Gasteiger partial charge is 0.409 e. The lowest BCUT2D eigenvalue weighted by Crippen LogP contribution is -2.48. The summed E-state index contributed by atoms with van der Waals surface area (Å²) in [6, 6.07) is 20.8. The molecule has 0 N–H and O–H groups in total. The number of piperazine rings is 1. The van der Waals surface area contributed by atoms with Crippen LogP contribution in [0.25, 0.3) is 21.6 Å². The van der Waals surface area contributed by atoms with Gasteiger partial charge in [0.25, 0.3) is 0 Å². The van der Waals surface area contributed by atoms with Crippen molar-refractivity contribution in [3.05, 3.63) is 96.9 Å². The normalized spacial score (nSPS) is 15.3. The SMILES string of the molecule is Cc1c(I)cc(CN2CCN(C(=O)OCC3c4ccccc4-c4ccccc43)CC2)cc1N=[N+]=[N-]. The molecule has 8 heteroatoms. The largest absolute Gasteiger partial charge is 0.448 e. The molecule has 0 atom stereocenters. The highest BCUT2D eigenvalue weighted by molar-refractivity contribution is 14.1. The molecule has 35 heavy (non-hydrogen) atoms. The Balaban J connectivity index is 1.18. The van der Waals surface area contributed by atoms with E-state index in [1.807, 2.05) is 25.1 Å². The van der Waals surface area contributed by atoms with Crippen molar-refractivity contribution in [1.29, 1.82) is 0 Å². The average molecular weight is 579 g/mol. The molecule has 0 spiro atoms. The van der Waals surface area contributed by atoms with Crippen molar-refractivity contribution in [1.82, 2.24) is 9.80 Å². The van der Waals surface area contributed by atoms with Crippen LogP contribution in [0, 0.1) is 10.5 Å². The summed E-state index contributed by atoms with van der Waals surface area (Å²) in [5.74, 6) is 0.0712. The predicted molar refractivity (Wildman–Crippen MR) is 145 cm³/mol. The molecule has 1 aliphatic carbocycles. The third-order valence-corrected chi connectivity index (χ3v) is 8.02. The molecule has 0 unspecified atom stereocenters. The van der Waals surface area contributed by atoms with Crippen molar-refractivity contribution in [3.63, 3.8) is 0 Å². The molecule has 3 aromatic rings. The van der Waals surface area contributed by atoms with E-state index >= 15 is 0 Å². The van der Waals surface area contributed by atoms with Gasteiger partial charge < -0.3 is 9.64 Å². The summed E-state index contributed by atoms with van der Waals surface area (Å²) >= 11 is 2.28. The Labute approximate surface area is 218 Å². The maximum Gasteiger partial charge on any atom is 0.409 e. The highest BCUT2D eigenvalue weighted by Crippen LogP contribution is 2.44. The highest BCUT2D eigenvalue weighted by atomic mass is 127. The van der Waals surface area contributed by atoms with Crippen LogP contribution in [0.15, 0.2) is 65.8 Å². The Bertz CT molecular complexity index is 1270. The van der Waals surface area contributed by atoms with E-state index in [9.17, 15) is 4.79 Å². The van der Waals surface area contributed by atoms with Crippen molar-refractivity contribution in [2.75, 3.05) is 32.8 Å². The number of azide groups is 1. The van der Waals surface area contributed by atoms with E-state index < -0.39 is 0 Å². The van der Waals surface area contributed by atoms with Crippen molar-refractivity contribution >= 4 is 34.4 Å². The van der Waals surface area contributed by atoms with Gasteiger partial charge in [0.15, 0.2) is 0 Å². The standard InChI is InChI=1S/C27H26IN5O2/c1-18-25(28)14-19(15-26(18)30-31-29)16-32-10-12-33(13-11-32)27(34)35-17-24-22-8-4-2-6-20(22)21-7-3-5-9-23(21)24/h2-9,14-15,24H,10-13,16-17H2,1H3. The Morgan fingerprint density at radius 2 is 1.69 bits per heavy atom. The molecule has 1 saturated heterocycles. The minimum Gasteiger partial charge on any atom is -0.448 e. The molecule has 0 saturated carbocycles. The van der Waals surface area contributed by atoms with E-state index in [0.717, 1.165) is 34.3 Å². The Kier molecular flexibility index (Phi) is 6.95. The van der Waals surface area contributed by atoms with Crippen LogP contribution in [-0.4, -0.2) is 48.7 Å². The van der Waals surface area contributed by atoms with Crippen molar-refractivity contribution in [2.45, 2.75) is 19.4 Å². The number of benzene rings is 3. The summed E-state index contributed by atoms with van der Waals surface area (Å²) in [4.78, 5) is 19.9. The molecule has 0 bridgehead atoms. The van der Waals surface area contributed by atoms with E-state index in [0.29, 0.717) is 25.4 Å². The van der Waals surface area contributed by atoms with Gasteiger partial charge in [-0.05, 0) is 80.6 Å². The van der Waals surface area contributed by atoms with Gasteiger partial charge in [-0.25, -0.2) is 4.79 Å². The van der Waals surface area contributed by atoms with Crippen LogP contribution in [0.3, 0.4) is 0 Å². The molecule has 178 valence electrons. The zero-order valence-electron chi connectivity index (χ0n) is 19.5. The zero-order valence-corrected chi connectivity index (χ0v) is 21.7. The first-order valence-corrected chi connectivity index (χ1v) is 12.8. The molecule has 1 heterocycles. The van der Waals surface area contributed by atoms with Gasteiger partial charge in [-0.15, -0.1) is 0 Å². The zero-order chi connectivity index (χ0) is 24.4. The number of hydrogen-bond acceptors (Lipinski definition) is 4. The van der Waals surface area contributed by atoms with Crippen molar-refractivity contribution in [2.24, 2.45) is 5.11 Å². The van der Waals surface area contributed by atoms with Gasteiger partial charge in [0.05, 0.1) is 0 Å². The molecular weight excluding hydrogens is 553 g/mol. The molecule has 0 aromatic heterocycles. The van der Waals surface area contributed by atoms with E-state index in [1.54, 1.807) is 4.90 Å². The second-order valence-electron chi connectivity index (χ2n) is 8.98. The van der Waals surface area contributed by atoms with Crippen LogP contribution in [0.4, 0.5) is 10.5 Å². The van der Waals surface area contributed by atoms with Gasteiger partial charge in [-0.3, -0.25) is 4.90 Å². The molecule has 3 aromatic carbocycles. The third kappa shape index (κ3) is 4.87. The first-order valence-electron chi connectivity index (χ1n) is 11.7.